The number of hydrogen-bond donors (Lipinski definition) is 1. The summed E-state index contributed by atoms with van der Waals surface area (Å²) in [6.07, 6.45) is 0. The third-order valence-electron chi connectivity index (χ3n) is 3.20. The van der Waals surface area contributed by atoms with E-state index in [4.69, 9.17) is 0 Å². The fourth-order valence-electron chi connectivity index (χ4n) is 2.14. The molecule has 0 aliphatic rings. The van der Waals surface area contributed by atoms with E-state index in [1.165, 1.54) is 12.1 Å². The Kier molecular flexibility index (Phi) is 4.32. The van der Waals surface area contributed by atoms with Crippen molar-refractivity contribution < 1.29 is 8.78 Å². The molecule has 0 spiro atoms. The molecule has 2 rings (SSSR count). The van der Waals surface area contributed by atoms with Crippen LogP contribution < -0.4 is 5.32 Å². The van der Waals surface area contributed by atoms with Crippen LogP contribution in [0.5, 0.6) is 0 Å². The van der Waals surface area contributed by atoms with Crippen molar-refractivity contribution in [1.29, 1.82) is 0 Å². The monoisotopic (exact) mass is 281 g/mol. The van der Waals surface area contributed by atoms with Crippen LogP contribution in [0.15, 0.2) is 22.9 Å². The summed E-state index contributed by atoms with van der Waals surface area (Å²) in [6, 6.07) is 2.26. The maximum Gasteiger partial charge on any atom is 0.128 e. The van der Waals surface area contributed by atoms with Crippen LogP contribution in [-0.4, -0.2) is 6.54 Å². The van der Waals surface area contributed by atoms with Crippen molar-refractivity contribution in [3.63, 3.8) is 0 Å². The molecule has 1 aromatic carbocycles. The molecule has 0 fully saturated rings. The zero-order valence-electron chi connectivity index (χ0n) is 11.3. The van der Waals surface area contributed by atoms with Gasteiger partial charge in [-0.15, -0.1) is 0 Å². The number of benzene rings is 1. The molecule has 0 aliphatic carbocycles. The fourth-order valence-corrected chi connectivity index (χ4v) is 3.02. The quantitative estimate of drug-likeness (QED) is 0.879. The lowest BCUT2D eigenvalue weighted by molar-refractivity contribution is 0.541. The van der Waals surface area contributed by atoms with Gasteiger partial charge in [0, 0.05) is 5.56 Å². The molecular weight excluding hydrogens is 264 g/mol. The van der Waals surface area contributed by atoms with Crippen LogP contribution in [0.1, 0.15) is 35.2 Å². The lowest BCUT2D eigenvalue weighted by atomic mass is 9.96. The molecule has 1 atom stereocenters. The minimum Gasteiger partial charge on any atom is -0.306 e. The smallest absolute Gasteiger partial charge is 0.128 e. The Balaban J connectivity index is 2.51. The maximum absolute atomic E-state index is 14.1. The van der Waals surface area contributed by atoms with E-state index in [1.54, 1.807) is 18.3 Å². The molecular formula is C15H17F2NS. The summed E-state index contributed by atoms with van der Waals surface area (Å²) in [5, 5.41) is 7.23. The van der Waals surface area contributed by atoms with Gasteiger partial charge in [-0.2, -0.15) is 11.3 Å². The number of rotatable bonds is 4. The third kappa shape index (κ3) is 2.85. The predicted molar refractivity (Wildman–Crippen MR) is 75.7 cm³/mol. The molecule has 0 radical (unpaired) electrons. The van der Waals surface area contributed by atoms with E-state index in [-0.39, 0.29) is 17.7 Å². The molecule has 2 aromatic rings. The van der Waals surface area contributed by atoms with Crippen LogP contribution in [-0.2, 0) is 0 Å². The Morgan fingerprint density at radius 1 is 1.05 bits per heavy atom. The molecule has 0 amide bonds. The SMILES string of the molecule is CCNC(c1cscc1C)c1cc(F)c(C)cc1F. The van der Waals surface area contributed by atoms with E-state index >= 15 is 0 Å². The van der Waals surface area contributed by atoms with Gasteiger partial charge in [0.15, 0.2) is 0 Å². The van der Waals surface area contributed by atoms with E-state index in [2.05, 4.69) is 5.32 Å². The number of hydrogen-bond acceptors (Lipinski definition) is 2. The zero-order chi connectivity index (χ0) is 14.0. The summed E-state index contributed by atoms with van der Waals surface area (Å²) >= 11 is 1.57. The van der Waals surface area contributed by atoms with E-state index in [9.17, 15) is 8.78 Å². The van der Waals surface area contributed by atoms with Crippen LogP contribution in [0.4, 0.5) is 8.78 Å². The third-order valence-corrected chi connectivity index (χ3v) is 4.08. The summed E-state index contributed by atoms with van der Waals surface area (Å²) in [6.45, 7) is 6.20. The van der Waals surface area contributed by atoms with Crippen molar-refractivity contribution in [2.24, 2.45) is 0 Å². The second kappa shape index (κ2) is 5.80. The first-order valence-electron chi connectivity index (χ1n) is 6.26. The number of halogens is 2. The van der Waals surface area contributed by atoms with Crippen LogP contribution in [0, 0.1) is 25.5 Å². The van der Waals surface area contributed by atoms with Crippen LogP contribution in [0.2, 0.25) is 0 Å². The highest BCUT2D eigenvalue weighted by Gasteiger charge is 2.20. The zero-order valence-corrected chi connectivity index (χ0v) is 12.1. The predicted octanol–water partition coefficient (Wildman–Crippen LogP) is 4.34. The lowest BCUT2D eigenvalue weighted by Gasteiger charge is -2.20. The molecule has 1 unspecified atom stereocenters. The molecule has 1 heterocycles. The molecule has 4 heteroatoms. The summed E-state index contributed by atoms with van der Waals surface area (Å²) < 4.78 is 27.8. The van der Waals surface area contributed by atoms with Crippen molar-refractivity contribution in [2.75, 3.05) is 6.54 Å². The van der Waals surface area contributed by atoms with E-state index in [0.717, 1.165) is 11.1 Å². The minimum absolute atomic E-state index is 0.300. The standard InChI is InChI=1S/C15H17F2NS/c1-4-18-15(12-8-19-7-10(12)3)11-6-13(16)9(2)5-14(11)17/h5-8,15,18H,4H2,1-3H3. The van der Waals surface area contributed by atoms with Crippen molar-refractivity contribution in [3.8, 4) is 0 Å². The molecule has 0 saturated carbocycles. The van der Waals surface area contributed by atoms with Gasteiger partial charge in [0.05, 0.1) is 6.04 Å². The number of aryl methyl sites for hydroxylation is 2. The van der Waals surface area contributed by atoms with Gasteiger partial charge in [-0.05, 0) is 60.0 Å². The van der Waals surface area contributed by atoms with Crippen molar-refractivity contribution in [2.45, 2.75) is 26.8 Å². The van der Waals surface area contributed by atoms with Gasteiger partial charge in [-0.3, -0.25) is 0 Å². The Bertz CT molecular complexity index is 578. The number of nitrogens with one attached hydrogen (secondary N) is 1. The Morgan fingerprint density at radius 3 is 2.37 bits per heavy atom. The van der Waals surface area contributed by atoms with Crippen LogP contribution >= 0.6 is 11.3 Å². The first kappa shape index (κ1) is 14.2. The largest absolute Gasteiger partial charge is 0.306 e. The topological polar surface area (TPSA) is 12.0 Å². The fraction of sp³-hybridized carbons (Fsp3) is 0.333. The maximum atomic E-state index is 14.1. The summed E-state index contributed by atoms with van der Waals surface area (Å²) in [4.78, 5) is 0. The molecule has 0 bridgehead atoms. The summed E-state index contributed by atoms with van der Waals surface area (Å²) in [5.74, 6) is -0.734. The molecule has 1 nitrogen and oxygen atoms in total. The second-order valence-corrected chi connectivity index (χ2v) is 5.37. The van der Waals surface area contributed by atoms with Gasteiger partial charge >= 0.3 is 0 Å². The molecule has 0 saturated heterocycles. The van der Waals surface area contributed by atoms with Gasteiger partial charge < -0.3 is 5.32 Å². The average molecular weight is 281 g/mol. The molecule has 19 heavy (non-hydrogen) atoms. The van der Waals surface area contributed by atoms with E-state index in [1.807, 2.05) is 24.6 Å². The van der Waals surface area contributed by atoms with E-state index in [0.29, 0.717) is 17.7 Å². The van der Waals surface area contributed by atoms with Crippen molar-refractivity contribution in [1.82, 2.24) is 5.32 Å². The normalized spacial score (nSPS) is 12.7. The van der Waals surface area contributed by atoms with Crippen LogP contribution in [0.25, 0.3) is 0 Å². The van der Waals surface area contributed by atoms with Crippen molar-refractivity contribution in [3.05, 3.63) is 56.8 Å². The summed E-state index contributed by atoms with van der Waals surface area (Å²) in [5.41, 5.74) is 2.80. The van der Waals surface area contributed by atoms with Gasteiger partial charge in [-0.1, -0.05) is 6.92 Å². The first-order chi connectivity index (χ1) is 9.04. The lowest BCUT2D eigenvalue weighted by Crippen LogP contribution is -2.23. The highest BCUT2D eigenvalue weighted by Crippen LogP contribution is 2.30. The van der Waals surface area contributed by atoms with Gasteiger partial charge in [-0.25, -0.2) is 8.78 Å². The molecule has 1 N–H and O–H groups in total. The Labute approximate surface area is 116 Å². The molecule has 1 aromatic heterocycles. The summed E-state index contributed by atoms with van der Waals surface area (Å²) in [7, 11) is 0. The highest BCUT2D eigenvalue weighted by atomic mass is 32.1. The molecule has 102 valence electrons. The minimum atomic E-state index is -0.368. The Morgan fingerprint density at radius 2 is 1.79 bits per heavy atom. The number of thiophene rings is 1. The van der Waals surface area contributed by atoms with Gasteiger partial charge in [0.2, 0.25) is 0 Å². The second-order valence-electron chi connectivity index (χ2n) is 4.62. The first-order valence-corrected chi connectivity index (χ1v) is 7.20. The van der Waals surface area contributed by atoms with E-state index < -0.39 is 0 Å². The Hall–Kier alpha value is -1.26. The molecule has 0 aliphatic heterocycles. The highest BCUT2D eigenvalue weighted by molar-refractivity contribution is 7.08. The van der Waals surface area contributed by atoms with Gasteiger partial charge in [0.1, 0.15) is 11.6 Å². The van der Waals surface area contributed by atoms with Crippen molar-refractivity contribution >= 4 is 11.3 Å². The average Bonchev–Trinajstić information content (AvgIpc) is 2.77. The van der Waals surface area contributed by atoms with Crippen LogP contribution in [0.3, 0.4) is 0 Å². The van der Waals surface area contributed by atoms with Gasteiger partial charge in [0.25, 0.3) is 0 Å².